The van der Waals surface area contributed by atoms with Crippen LogP contribution in [0.25, 0.3) is 77.1 Å². The molecule has 5 nitrogen and oxygen atoms in total. The molecule has 5 aromatic heterocycles. The van der Waals surface area contributed by atoms with Crippen molar-refractivity contribution in [3.05, 3.63) is 127 Å². The van der Waals surface area contributed by atoms with Crippen LogP contribution in [0.2, 0.25) is 0 Å². The van der Waals surface area contributed by atoms with E-state index in [-0.39, 0.29) is 0 Å². The van der Waals surface area contributed by atoms with Crippen molar-refractivity contribution in [1.82, 2.24) is 23.9 Å². The van der Waals surface area contributed by atoms with Gasteiger partial charge in [-0.15, -0.1) is 0 Å². The van der Waals surface area contributed by atoms with Crippen molar-refractivity contribution in [3.63, 3.8) is 0 Å². The second kappa shape index (κ2) is 7.55. The van der Waals surface area contributed by atoms with Gasteiger partial charge < -0.3 is 4.57 Å². The van der Waals surface area contributed by atoms with Crippen molar-refractivity contribution >= 4 is 60.3 Å². The first-order valence-electron chi connectivity index (χ1n) is 13.9. The lowest BCUT2D eigenvalue weighted by Gasteiger charge is -2.14. The lowest BCUT2D eigenvalue weighted by molar-refractivity contribution is 1.16. The summed E-state index contributed by atoms with van der Waals surface area (Å²) in [4.78, 5) is 14.6. The maximum Gasteiger partial charge on any atom is 0.146 e. The molecule has 190 valence electrons. The summed E-state index contributed by atoms with van der Waals surface area (Å²) in [5.41, 5.74) is 13.9. The standard InChI is InChI=1S/C36H21N5/c1-2-8-22(9-3-1)40-34-25(13-12-24-23-10-5-4-7-21(23)19-28(24)34)26-14-15-27-32(35(26)40)33-30(11-6-17-38-33)41-31-20-37-18-16-29(31)39-36(27)41/h1-18,20H,19H2. The molecule has 1 aliphatic carbocycles. The number of rotatable bonds is 1. The van der Waals surface area contributed by atoms with Crippen LogP contribution in [0.4, 0.5) is 0 Å². The highest BCUT2D eigenvalue weighted by Crippen LogP contribution is 2.46. The van der Waals surface area contributed by atoms with Crippen molar-refractivity contribution in [2.45, 2.75) is 6.42 Å². The Morgan fingerprint density at radius 1 is 0.634 bits per heavy atom. The molecule has 0 saturated heterocycles. The lowest BCUT2D eigenvalue weighted by atomic mass is 10.0. The highest BCUT2D eigenvalue weighted by Gasteiger charge is 2.26. The summed E-state index contributed by atoms with van der Waals surface area (Å²) >= 11 is 0. The van der Waals surface area contributed by atoms with Gasteiger partial charge >= 0.3 is 0 Å². The van der Waals surface area contributed by atoms with E-state index in [0.29, 0.717) is 0 Å². The summed E-state index contributed by atoms with van der Waals surface area (Å²) in [6.45, 7) is 0. The largest absolute Gasteiger partial charge is 0.308 e. The molecule has 0 unspecified atom stereocenters. The maximum absolute atomic E-state index is 5.13. The monoisotopic (exact) mass is 523 g/mol. The fraction of sp³-hybridized carbons (Fsp3) is 0.0278. The number of hydrogen-bond donors (Lipinski definition) is 0. The average Bonchev–Trinajstić information content (AvgIpc) is 3.71. The minimum Gasteiger partial charge on any atom is -0.308 e. The molecule has 0 saturated carbocycles. The zero-order valence-electron chi connectivity index (χ0n) is 21.9. The number of aromatic nitrogens is 5. The Morgan fingerprint density at radius 2 is 1.46 bits per heavy atom. The quantitative estimate of drug-likeness (QED) is 0.204. The van der Waals surface area contributed by atoms with Gasteiger partial charge in [0.1, 0.15) is 5.65 Å². The molecule has 4 aromatic carbocycles. The van der Waals surface area contributed by atoms with Gasteiger partial charge in [0.15, 0.2) is 0 Å². The summed E-state index contributed by atoms with van der Waals surface area (Å²) in [7, 11) is 0. The molecule has 5 heteroatoms. The summed E-state index contributed by atoms with van der Waals surface area (Å²) in [5, 5.41) is 4.70. The Kier molecular flexibility index (Phi) is 3.92. The highest BCUT2D eigenvalue weighted by atomic mass is 15.0. The number of benzene rings is 4. The van der Waals surface area contributed by atoms with Gasteiger partial charge in [0.05, 0.1) is 39.3 Å². The maximum atomic E-state index is 5.13. The molecular formula is C36H21N5. The SMILES string of the molecule is c1ccc(-n2c3c4c(ccc3c3ccc5c(c6ncccc6n6c7cnccc7nc56)c32)-c2ccccc2C4)cc1. The first-order chi connectivity index (χ1) is 20.4. The van der Waals surface area contributed by atoms with E-state index >= 15 is 0 Å². The van der Waals surface area contributed by atoms with Gasteiger partial charge in [0, 0.05) is 46.0 Å². The summed E-state index contributed by atoms with van der Waals surface area (Å²) < 4.78 is 4.69. The van der Waals surface area contributed by atoms with Crippen molar-refractivity contribution in [2.24, 2.45) is 0 Å². The topological polar surface area (TPSA) is 48.0 Å². The molecule has 41 heavy (non-hydrogen) atoms. The van der Waals surface area contributed by atoms with Crippen molar-refractivity contribution in [2.75, 3.05) is 0 Å². The van der Waals surface area contributed by atoms with Gasteiger partial charge in [-0.25, -0.2) is 4.98 Å². The number of hydrogen-bond acceptors (Lipinski definition) is 3. The van der Waals surface area contributed by atoms with Crippen LogP contribution in [0.3, 0.4) is 0 Å². The molecule has 0 fully saturated rings. The number of fused-ring (bicyclic) bond motifs is 16. The number of nitrogens with zero attached hydrogens (tertiary/aromatic N) is 5. The van der Waals surface area contributed by atoms with E-state index in [1.165, 1.54) is 44.1 Å². The van der Waals surface area contributed by atoms with Crippen LogP contribution in [0.5, 0.6) is 0 Å². The van der Waals surface area contributed by atoms with Crippen LogP contribution >= 0.6 is 0 Å². The van der Waals surface area contributed by atoms with Crippen LogP contribution in [0, 0.1) is 0 Å². The Bertz CT molecular complexity index is 2550. The fourth-order valence-corrected chi connectivity index (χ4v) is 7.20. The molecule has 10 rings (SSSR count). The normalized spacial score (nSPS) is 12.8. The predicted octanol–water partition coefficient (Wildman–Crippen LogP) is 8.25. The highest BCUT2D eigenvalue weighted by molar-refractivity contribution is 6.27. The molecule has 0 N–H and O–H groups in total. The average molecular weight is 524 g/mol. The molecule has 9 aromatic rings. The van der Waals surface area contributed by atoms with Crippen molar-refractivity contribution < 1.29 is 0 Å². The number of pyridine rings is 3. The molecular weight excluding hydrogens is 502 g/mol. The van der Waals surface area contributed by atoms with Gasteiger partial charge in [-0.2, -0.15) is 0 Å². The fourth-order valence-electron chi connectivity index (χ4n) is 7.20. The summed E-state index contributed by atoms with van der Waals surface area (Å²) in [6, 6.07) is 34.8. The van der Waals surface area contributed by atoms with Gasteiger partial charge in [-0.1, -0.05) is 60.7 Å². The third-order valence-electron chi connectivity index (χ3n) is 8.85. The van der Waals surface area contributed by atoms with Gasteiger partial charge in [-0.05, 0) is 58.7 Å². The Morgan fingerprint density at radius 3 is 2.41 bits per heavy atom. The summed E-state index contributed by atoms with van der Waals surface area (Å²) in [6.07, 6.45) is 6.52. The zero-order valence-corrected chi connectivity index (χ0v) is 21.9. The van der Waals surface area contributed by atoms with Crippen LogP contribution in [0.1, 0.15) is 11.1 Å². The van der Waals surface area contributed by atoms with Crippen LogP contribution in [-0.2, 0) is 6.42 Å². The van der Waals surface area contributed by atoms with E-state index in [1.54, 1.807) is 0 Å². The predicted molar refractivity (Wildman–Crippen MR) is 166 cm³/mol. The molecule has 0 amide bonds. The molecule has 0 spiro atoms. The van der Waals surface area contributed by atoms with E-state index < -0.39 is 0 Å². The van der Waals surface area contributed by atoms with E-state index in [0.717, 1.165) is 50.6 Å². The van der Waals surface area contributed by atoms with E-state index in [9.17, 15) is 0 Å². The molecule has 1 aliphatic rings. The van der Waals surface area contributed by atoms with Crippen molar-refractivity contribution in [1.29, 1.82) is 0 Å². The summed E-state index contributed by atoms with van der Waals surface area (Å²) in [5.74, 6) is 0. The van der Waals surface area contributed by atoms with E-state index in [4.69, 9.17) is 9.97 Å². The van der Waals surface area contributed by atoms with Crippen molar-refractivity contribution in [3.8, 4) is 16.8 Å². The molecule has 0 radical (unpaired) electrons. The van der Waals surface area contributed by atoms with Crippen LogP contribution < -0.4 is 0 Å². The van der Waals surface area contributed by atoms with E-state index in [1.807, 2.05) is 30.7 Å². The van der Waals surface area contributed by atoms with Gasteiger partial charge in [-0.3, -0.25) is 14.4 Å². The number of imidazole rings is 1. The Hall–Kier alpha value is -5.55. The zero-order chi connectivity index (χ0) is 26.7. The first-order valence-corrected chi connectivity index (χ1v) is 13.9. The second-order valence-electron chi connectivity index (χ2n) is 10.9. The molecule has 5 heterocycles. The smallest absolute Gasteiger partial charge is 0.146 e. The van der Waals surface area contributed by atoms with Crippen LogP contribution in [0.15, 0.2) is 116 Å². The molecule has 0 aliphatic heterocycles. The van der Waals surface area contributed by atoms with Crippen LogP contribution in [-0.4, -0.2) is 23.9 Å². The van der Waals surface area contributed by atoms with E-state index in [2.05, 4.69) is 98.9 Å². The molecule has 0 atom stereocenters. The third kappa shape index (κ3) is 2.63. The minimum atomic E-state index is 0.922. The first kappa shape index (κ1) is 21.3. The Balaban J connectivity index is 1.49. The lowest BCUT2D eigenvalue weighted by Crippen LogP contribution is -1.99. The number of para-hydroxylation sites is 1. The van der Waals surface area contributed by atoms with Gasteiger partial charge in [0.2, 0.25) is 0 Å². The second-order valence-corrected chi connectivity index (χ2v) is 10.9. The Labute approximate surface area is 234 Å². The molecule has 0 bridgehead atoms. The third-order valence-corrected chi connectivity index (χ3v) is 8.85. The van der Waals surface area contributed by atoms with Gasteiger partial charge in [0.25, 0.3) is 0 Å². The minimum absolute atomic E-state index is 0.922.